The molecule has 0 spiro atoms. The van der Waals surface area contributed by atoms with Gasteiger partial charge in [-0.2, -0.15) is 0 Å². The molecule has 2 aromatic heterocycles. The molecule has 1 atom stereocenters. The first-order valence-electron chi connectivity index (χ1n) is 9.67. The predicted octanol–water partition coefficient (Wildman–Crippen LogP) is 1.93. The highest BCUT2D eigenvalue weighted by molar-refractivity contribution is 7.99. The van der Waals surface area contributed by atoms with Gasteiger partial charge in [-0.25, -0.2) is 4.98 Å². The molecule has 150 valence electrons. The van der Waals surface area contributed by atoms with Crippen LogP contribution in [0.5, 0.6) is 0 Å². The number of rotatable bonds is 4. The first kappa shape index (κ1) is 19.4. The largest absolute Gasteiger partial charge is 0.369 e. The number of amides is 2. The summed E-state index contributed by atoms with van der Waals surface area (Å²) in [6.07, 6.45) is 4.29. The molecule has 7 nitrogen and oxygen atoms in total. The van der Waals surface area contributed by atoms with Crippen LogP contribution in [0.15, 0.2) is 9.95 Å². The Morgan fingerprint density at radius 2 is 2.07 bits per heavy atom. The van der Waals surface area contributed by atoms with Crippen LogP contribution in [0.25, 0.3) is 10.2 Å². The Hall–Kier alpha value is -1.87. The van der Waals surface area contributed by atoms with Gasteiger partial charge in [0.1, 0.15) is 4.83 Å². The standard InChI is InChI=1S/C19H24N4O3S2/c1-10-2-3-12-13(8-10)28-18-15(12)17(26)21-19(22-18)27-9-14(24)23-6-4-11(5-7-23)16(20)25/h10-11H,2-9H2,1H3,(H2,20,25)(H,21,22,26)/t10-/m1/s1. The minimum absolute atomic E-state index is 0.00466. The molecule has 0 aromatic carbocycles. The van der Waals surface area contributed by atoms with E-state index in [-0.39, 0.29) is 29.0 Å². The van der Waals surface area contributed by atoms with Gasteiger partial charge in [0.2, 0.25) is 11.8 Å². The van der Waals surface area contributed by atoms with Crippen LogP contribution in [0.3, 0.4) is 0 Å². The maximum Gasteiger partial charge on any atom is 0.260 e. The normalized spacial score (nSPS) is 20.3. The maximum atomic E-state index is 12.6. The van der Waals surface area contributed by atoms with E-state index in [4.69, 9.17) is 5.73 Å². The monoisotopic (exact) mass is 420 g/mol. The summed E-state index contributed by atoms with van der Waals surface area (Å²) in [5.41, 5.74) is 6.40. The minimum atomic E-state index is -0.287. The number of likely N-dealkylation sites (tertiary alicyclic amines) is 1. The van der Waals surface area contributed by atoms with Crippen molar-refractivity contribution in [3.05, 3.63) is 20.8 Å². The van der Waals surface area contributed by atoms with Gasteiger partial charge in [0, 0.05) is 23.9 Å². The van der Waals surface area contributed by atoms with E-state index in [1.807, 2.05) is 0 Å². The third-order valence-corrected chi connectivity index (χ3v) is 7.73. The lowest BCUT2D eigenvalue weighted by Gasteiger charge is -2.30. The number of piperidine rings is 1. The summed E-state index contributed by atoms with van der Waals surface area (Å²) in [7, 11) is 0. The van der Waals surface area contributed by atoms with Crippen molar-refractivity contribution in [2.24, 2.45) is 17.6 Å². The Kier molecular flexibility index (Phi) is 5.46. The van der Waals surface area contributed by atoms with Gasteiger partial charge >= 0.3 is 0 Å². The molecule has 1 aliphatic heterocycles. The Morgan fingerprint density at radius 1 is 1.32 bits per heavy atom. The highest BCUT2D eigenvalue weighted by atomic mass is 32.2. The second kappa shape index (κ2) is 7.87. The number of carbonyl (C=O) groups is 2. The number of thioether (sulfide) groups is 1. The van der Waals surface area contributed by atoms with Gasteiger partial charge in [0.25, 0.3) is 5.56 Å². The van der Waals surface area contributed by atoms with Crippen molar-refractivity contribution >= 4 is 45.1 Å². The smallest absolute Gasteiger partial charge is 0.260 e. The number of thiophene rings is 1. The molecule has 0 bridgehead atoms. The number of fused-ring (bicyclic) bond motifs is 3. The quantitative estimate of drug-likeness (QED) is 0.580. The van der Waals surface area contributed by atoms with Gasteiger partial charge in [0.05, 0.1) is 11.1 Å². The number of nitrogens with two attached hydrogens (primary N) is 1. The number of hydrogen-bond acceptors (Lipinski definition) is 6. The molecule has 1 saturated heterocycles. The molecule has 2 aliphatic rings. The van der Waals surface area contributed by atoms with Crippen LogP contribution in [-0.4, -0.2) is 45.5 Å². The van der Waals surface area contributed by atoms with E-state index in [1.165, 1.54) is 16.6 Å². The van der Waals surface area contributed by atoms with Crippen LogP contribution in [-0.2, 0) is 22.4 Å². The van der Waals surface area contributed by atoms with E-state index in [0.29, 0.717) is 37.0 Å². The zero-order valence-electron chi connectivity index (χ0n) is 15.8. The predicted molar refractivity (Wildman–Crippen MR) is 111 cm³/mol. The summed E-state index contributed by atoms with van der Waals surface area (Å²) < 4.78 is 0. The summed E-state index contributed by atoms with van der Waals surface area (Å²) in [6, 6.07) is 0. The van der Waals surface area contributed by atoms with E-state index in [1.54, 1.807) is 16.2 Å². The first-order valence-corrected chi connectivity index (χ1v) is 11.5. The Labute approximate surface area is 171 Å². The summed E-state index contributed by atoms with van der Waals surface area (Å²) in [5, 5.41) is 1.22. The SMILES string of the molecule is C[C@@H]1CCc2c(sc3nc(SCC(=O)N4CCC(C(N)=O)CC4)[nH]c(=O)c23)C1. The van der Waals surface area contributed by atoms with Gasteiger partial charge in [-0.3, -0.25) is 14.4 Å². The van der Waals surface area contributed by atoms with Crippen molar-refractivity contribution in [3.63, 3.8) is 0 Å². The minimum Gasteiger partial charge on any atom is -0.369 e. The molecule has 1 fully saturated rings. The van der Waals surface area contributed by atoms with Crippen LogP contribution in [0.4, 0.5) is 0 Å². The van der Waals surface area contributed by atoms with Gasteiger partial charge in [-0.05, 0) is 43.6 Å². The molecule has 1 aliphatic carbocycles. The van der Waals surface area contributed by atoms with E-state index < -0.39 is 0 Å². The van der Waals surface area contributed by atoms with Crippen molar-refractivity contribution in [3.8, 4) is 0 Å². The number of H-pyrrole nitrogens is 1. The molecular formula is C19H24N4O3S2. The zero-order valence-corrected chi connectivity index (χ0v) is 17.5. The lowest BCUT2D eigenvalue weighted by molar-refractivity contribution is -0.132. The van der Waals surface area contributed by atoms with Crippen LogP contribution in [0, 0.1) is 11.8 Å². The topological polar surface area (TPSA) is 109 Å². The maximum absolute atomic E-state index is 12.6. The van der Waals surface area contributed by atoms with Gasteiger partial charge < -0.3 is 15.6 Å². The van der Waals surface area contributed by atoms with E-state index in [0.717, 1.165) is 35.0 Å². The lowest BCUT2D eigenvalue weighted by Crippen LogP contribution is -2.42. The molecule has 28 heavy (non-hydrogen) atoms. The average Bonchev–Trinajstić information content (AvgIpc) is 3.03. The molecular weight excluding hydrogens is 396 g/mol. The summed E-state index contributed by atoms with van der Waals surface area (Å²) >= 11 is 2.88. The number of aromatic nitrogens is 2. The number of hydrogen-bond donors (Lipinski definition) is 2. The second-order valence-electron chi connectivity index (χ2n) is 7.75. The summed E-state index contributed by atoms with van der Waals surface area (Å²) in [5.74, 6) is 0.437. The molecule has 3 N–H and O–H groups in total. The fourth-order valence-corrected chi connectivity index (χ4v) is 6.24. The number of aromatic amines is 1. The van der Waals surface area contributed by atoms with Crippen LogP contribution >= 0.6 is 23.1 Å². The summed E-state index contributed by atoms with van der Waals surface area (Å²) in [4.78, 5) is 47.6. The molecule has 0 saturated carbocycles. The Balaban J connectivity index is 1.43. The molecule has 9 heteroatoms. The van der Waals surface area contributed by atoms with Crippen molar-refractivity contribution in [1.82, 2.24) is 14.9 Å². The fraction of sp³-hybridized carbons (Fsp3) is 0.579. The average molecular weight is 421 g/mol. The third-order valence-electron chi connectivity index (χ3n) is 5.73. The number of nitrogens with zero attached hydrogens (tertiary/aromatic N) is 2. The Morgan fingerprint density at radius 3 is 2.79 bits per heavy atom. The number of primary amides is 1. The molecule has 3 heterocycles. The fourth-order valence-electron chi connectivity index (χ4n) is 4.03. The highest BCUT2D eigenvalue weighted by Crippen LogP contribution is 2.36. The van der Waals surface area contributed by atoms with E-state index in [2.05, 4.69) is 16.9 Å². The first-order chi connectivity index (χ1) is 13.4. The summed E-state index contributed by atoms with van der Waals surface area (Å²) in [6.45, 7) is 3.34. The van der Waals surface area contributed by atoms with E-state index in [9.17, 15) is 14.4 Å². The van der Waals surface area contributed by atoms with Gasteiger partial charge in [0.15, 0.2) is 5.16 Å². The number of carbonyl (C=O) groups excluding carboxylic acids is 2. The van der Waals surface area contributed by atoms with Crippen LogP contribution in [0.1, 0.15) is 36.6 Å². The van der Waals surface area contributed by atoms with Crippen LogP contribution in [0.2, 0.25) is 0 Å². The Bertz CT molecular complexity index is 975. The molecule has 2 aromatic rings. The van der Waals surface area contributed by atoms with Gasteiger partial charge in [-0.1, -0.05) is 18.7 Å². The molecule has 4 rings (SSSR count). The number of aryl methyl sites for hydroxylation is 1. The van der Waals surface area contributed by atoms with Crippen molar-refractivity contribution < 1.29 is 9.59 Å². The van der Waals surface area contributed by atoms with Crippen molar-refractivity contribution in [1.29, 1.82) is 0 Å². The lowest BCUT2D eigenvalue weighted by atomic mass is 9.89. The molecule has 2 amide bonds. The number of nitrogens with one attached hydrogen (secondary N) is 1. The molecule has 0 radical (unpaired) electrons. The third kappa shape index (κ3) is 3.82. The second-order valence-corrected chi connectivity index (χ2v) is 9.80. The van der Waals surface area contributed by atoms with Crippen LogP contribution < -0.4 is 11.3 Å². The molecule has 0 unspecified atom stereocenters. The highest BCUT2D eigenvalue weighted by Gasteiger charge is 2.26. The zero-order chi connectivity index (χ0) is 19.8. The van der Waals surface area contributed by atoms with Crippen molar-refractivity contribution in [2.75, 3.05) is 18.8 Å². The van der Waals surface area contributed by atoms with E-state index >= 15 is 0 Å². The van der Waals surface area contributed by atoms with Crippen molar-refractivity contribution in [2.45, 2.75) is 44.2 Å². The van der Waals surface area contributed by atoms with Gasteiger partial charge in [-0.15, -0.1) is 11.3 Å².